The number of pyridine rings is 1. The molecule has 2 aliphatic rings. The summed E-state index contributed by atoms with van der Waals surface area (Å²) in [4.78, 5) is 21.9. The van der Waals surface area contributed by atoms with Gasteiger partial charge in [-0.05, 0) is 73.8 Å². The number of rotatable bonds is 11. The van der Waals surface area contributed by atoms with Crippen molar-refractivity contribution in [1.82, 2.24) is 20.6 Å². The molecular formula is C33H44N4O5. The molecule has 1 fully saturated rings. The maximum Gasteiger partial charge on any atom is 0.249 e. The average Bonchev–Trinajstić information content (AvgIpc) is 3.48. The van der Waals surface area contributed by atoms with Gasteiger partial charge < -0.3 is 29.6 Å². The number of nitrogens with one attached hydrogen (secondary N) is 2. The largest absolute Gasteiger partial charge is 0.471 e. The van der Waals surface area contributed by atoms with Crippen LogP contribution in [0.1, 0.15) is 76.1 Å². The lowest BCUT2D eigenvalue weighted by Gasteiger charge is -2.47. The summed E-state index contributed by atoms with van der Waals surface area (Å²) in [6.07, 6.45) is 8.89. The number of methoxy groups -OCH3 is 1. The van der Waals surface area contributed by atoms with Crippen molar-refractivity contribution in [3.05, 3.63) is 65.7 Å². The third-order valence-corrected chi connectivity index (χ3v) is 8.35. The minimum Gasteiger partial charge on any atom is -0.471 e. The maximum atomic E-state index is 12.9. The Morgan fingerprint density at radius 2 is 2.02 bits per heavy atom. The van der Waals surface area contributed by atoms with E-state index < -0.39 is 18.2 Å². The fourth-order valence-electron chi connectivity index (χ4n) is 5.89. The lowest BCUT2D eigenvalue weighted by atomic mass is 9.73. The molecule has 42 heavy (non-hydrogen) atoms. The van der Waals surface area contributed by atoms with Crippen molar-refractivity contribution in [3.8, 4) is 17.3 Å². The van der Waals surface area contributed by atoms with Gasteiger partial charge in [-0.2, -0.15) is 0 Å². The molecule has 0 bridgehead atoms. The van der Waals surface area contributed by atoms with Crippen LogP contribution in [0, 0.1) is 5.41 Å². The van der Waals surface area contributed by atoms with Gasteiger partial charge in [0.05, 0.1) is 18.3 Å². The van der Waals surface area contributed by atoms with Gasteiger partial charge in [0.2, 0.25) is 17.7 Å². The topological polar surface area (TPSA) is 119 Å². The second-order valence-corrected chi connectivity index (χ2v) is 13.1. The second kappa shape index (κ2) is 12.5. The number of aliphatic hydroxyl groups is 1. The number of aliphatic hydroxyl groups excluding tert-OH is 1. The Morgan fingerprint density at radius 1 is 1.21 bits per heavy atom. The molecule has 4 atom stereocenters. The molecule has 1 aromatic carbocycles. The number of amides is 1. The summed E-state index contributed by atoms with van der Waals surface area (Å²) in [5, 5.41) is 18.2. The van der Waals surface area contributed by atoms with E-state index in [0.717, 1.165) is 48.8 Å². The lowest BCUT2D eigenvalue weighted by Crippen LogP contribution is -2.53. The maximum absolute atomic E-state index is 12.9. The summed E-state index contributed by atoms with van der Waals surface area (Å²) in [7, 11) is 1.50. The molecular weight excluding hydrogens is 532 g/mol. The molecule has 9 heteroatoms. The number of hydrogen-bond donors (Lipinski definition) is 3. The first-order valence-corrected chi connectivity index (χ1v) is 15.0. The van der Waals surface area contributed by atoms with Crippen LogP contribution >= 0.6 is 0 Å². The molecule has 3 aromatic rings. The number of carbonyl (C=O) groups excluding carboxylic acids is 1. The predicted molar refractivity (Wildman–Crippen MR) is 160 cm³/mol. The Labute approximate surface area is 248 Å². The minimum atomic E-state index is -0.863. The van der Waals surface area contributed by atoms with Crippen LogP contribution in [-0.2, 0) is 22.4 Å². The van der Waals surface area contributed by atoms with Gasteiger partial charge in [-0.25, -0.2) is 9.97 Å². The van der Waals surface area contributed by atoms with Crippen LogP contribution < -0.4 is 15.4 Å². The number of ether oxygens (including phenoxy) is 2. The number of fused-ring (bicyclic) bond motifs is 1. The molecule has 0 saturated heterocycles. The van der Waals surface area contributed by atoms with E-state index in [1.807, 2.05) is 30.5 Å². The Balaban J connectivity index is 1.34. The third-order valence-electron chi connectivity index (χ3n) is 8.35. The van der Waals surface area contributed by atoms with Crippen LogP contribution in [0.4, 0.5) is 0 Å². The number of oxazole rings is 1. The van der Waals surface area contributed by atoms with E-state index in [1.54, 1.807) is 13.1 Å². The third kappa shape index (κ3) is 7.19. The van der Waals surface area contributed by atoms with E-state index in [-0.39, 0.29) is 29.5 Å². The first-order chi connectivity index (χ1) is 20.0. The van der Waals surface area contributed by atoms with Gasteiger partial charge in [-0.15, -0.1) is 0 Å². The van der Waals surface area contributed by atoms with Crippen molar-refractivity contribution in [2.24, 2.45) is 5.41 Å². The SMILES string of the molecule is CO[C@H](C)C(=O)N[C@@H](Cc1cccc(-c2ncco2)c1)[C@@H](O)CN[C@H]1CC2(CCC2)Oc2ncc(CC(C)(C)C)cc21. The van der Waals surface area contributed by atoms with Crippen molar-refractivity contribution >= 4 is 5.91 Å². The van der Waals surface area contributed by atoms with Crippen LogP contribution in [0.25, 0.3) is 11.5 Å². The first kappa shape index (κ1) is 30.2. The Hall–Kier alpha value is -3.27. The van der Waals surface area contributed by atoms with Gasteiger partial charge in [0.25, 0.3) is 0 Å². The zero-order valence-electron chi connectivity index (χ0n) is 25.4. The summed E-state index contributed by atoms with van der Waals surface area (Å²) in [6, 6.07) is 9.44. The molecule has 9 nitrogen and oxygen atoms in total. The Bertz CT molecular complexity index is 1350. The van der Waals surface area contributed by atoms with Gasteiger partial charge in [-0.3, -0.25) is 4.79 Å². The van der Waals surface area contributed by atoms with Gasteiger partial charge in [0, 0.05) is 43.4 Å². The first-order valence-electron chi connectivity index (χ1n) is 15.0. The number of aromatic nitrogens is 2. The second-order valence-electron chi connectivity index (χ2n) is 13.1. The number of carbonyl (C=O) groups is 1. The monoisotopic (exact) mass is 576 g/mol. The van der Waals surface area contributed by atoms with Crippen molar-refractivity contribution in [2.75, 3.05) is 13.7 Å². The number of hydrogen-bond acceptors (Lipinski definition) is 8. The van der Waals surface area contributed by atoms with E-state index in [0.29, 0.717) is 18.2 Å². The molecule has 0 unspecified atom stereocenters. The van der Waals surface area contributed by atoms with Gasteiger partial charge in [0.1, 0.15) is 18.0 Å². The highest BCUT2D eigenvalue weighted by molar-refractivity contribution is 5.80. The predicted octanol–water partition coefficient (Wildman–Crippen LogP) is 4.78. The summed E-state index contributed by atoms with van der Waals surface area (Å²) in [5.41, 5.74) is 3.93. The number of benzene rings is 1. The molecule has 3 heterocycles. The van der Waals surface area contributed by atoms with Gasteiger partial charge >= 0.3 is 0 Å². The molecule has 3 N–H and O–H groups in total. The van der Waals surface area contributed by atoms with E-state index in [9.17, 15) is 9.90 Å². The normalized spacial score (nSPS) is 19.7. The summed E-state index contributed by atoms with van der Waals surface area (Å²) in [5.74, 6) is 0.939. The van der Waals surface area contributed by atoms with Crippen molar-refractivity contribution in [1.29, 1.82) is 0 Å². The molecule has 0 radical (unpaired) electrons. The zero-order valence-corrected chi connectivity index (χ0v) is 25.4. The van der Waals surface area contributed by atoms with Crippen molar-refractivity contribution < 1.29 is 23.8 Å². The standard InChI is InChI=1S/C33H44N4O5/c1-21(40-5)29(39)37-26(16-22-8-6-9-24(14-22)30-34-12-13-41-30)28(38)20-35-27-18-33(10-7-11-33)42-31-25(27)15-23(19-36-31)17-32(2,3)4/h6,8-9,12-15,19,21,26-28,35,38H,7,10-11,16-18,20H2,1-5H3,(H,37,39)/t21-,26+,27+,28+/m1/s1. The minimum absolute atomic E-state index is 0.0151. The van der Waals surface area contributed by atoms with Crippen LogP contribution in [-0.4, -0.2) is 58.5 Å². The lowest BCUT2D eigenvalue weighted by molar-refractivity contribution is -0.131. The highest BCUT2D eigenvalue weighted by atomic mass is 16.5. The fourth-order valence-corrected chi connectivity index (χ4v) is 5.89. The summed E-state index contributed by atoms with van der Waals surface area (Å²) < 4.78 is 17.1. The van der Waals surface area contributed by atoms with Gasteiger partial charge in [-0.1, -0.05) is 32.9 Å². The Kier molecular flexibility index (Phi) is 9.01. The molecule has 1 aliphatic carbocycles. The van der Waals surface area contributed by atoms with E-state index >= 15 is 0 Å². The summed E-state index contributed by atoms with van der Waals surface area (Å²) >= 11 is 0. The van der Waals surface area contributed by atoms with Crippen molar-refractivity contribution in [3.63, 3.8) is 0 Å². The molecule has 226 valence electrons. The van der Waals surface area contributed by atoms with E-state index in [4.69, 9.17) is 18.9 Å². The zero-order chi connectivity index (χ0) is 29.9. The molecule has 1 saturated carbocycles. The van der Waals surface area contributed by atoms with Gasteiger partial charge in [0.15, 0.2) is 0 Å². The molecule has 1 aliphatic heterocycles. The fraction of sp³-hybridized carbons (Fsp3) is 0.545. The van der Waals surface area contributed by atoms with Crippen LogP contribution in [0.2, 0.25) is 0 Å². The smallest absolute Gasteiger partial charge is 0.249 e. The quantitative estimate of drug-likeness (QED) is 0.298. The molecule has 2 aromatic heterocycles. The van der Waals surface area contributed by atoms with Crippen LogP contribution in [0.3, 0.4) is 0 Å². The van der Waals surface area contributed by atoms with Crippen LogP contribution in [0.15, 0.2) is 53.4 Å². The highest BCUT2D eigenvalue weighted by Crippen LogP contribution is 2.48. The molecule has 1 amide bonds. The number of nitrogens with zero attached hydrogens (tertiary/aromatic N) is 2. The highest BCUT2D eigenvalue weighted by Gasteiger charge is 2.46. The van der Waals surface area contributed by atoms with E-state index in [1.165, 1.54) is 18.9 Å². The van der Waals surface area contributed by atoms with E-state index in [2.05, 4.69) is 42.5 Å². The van der Waals surface area contributed by atoms with Crippen molar-refractivity contribution in [2.45, 2.75) is 96.1 Å². The molecule has 5 rings (SSSR count). The van der Waals surface area contributed by atoms with Crippen LogP contribution in [0.5, 0.6) is 5.88 Å². The summed E-state index contributed by atoms with van der Waals surface area (Å²) in [6.45, 7) is 8.64. The Morgan fingerprint density at radius 3 is 2.69 bits per heavy atom. The molecule has 1 spiro atoms. The average molecular weight is 577 g/mol.